The number of aromatic nitrogens is 3. The summed E-state index contributed by atoms with van der Waals surface area (Å²) in [4.78, 5) is 16.8. The largest absolute Gasteiger partial charge is 0.472 e. The first-order valence-corrected chi connectivity index (χ1v) is 8.27. The first-order chi connectivity index (χ1) is 13.1. The quantitative estimate of drug-likeness (QED) is 0.577. The highest BCUT2D eigenvalue weighted by Crippen LogP contribution is 2.29. The molecule has 1 amide bonds. The number of nitrogens with zero attached hydrogens (tertiary/aromatic N) is 3. The van der Waals surface area contributed by atoms with E-state index in [0.717, 1.165) is 27.7 Å². The number of rotatable bonds is 3. The average Bonchev–Trinajstić information content (AvgIpc) is 3.32. The van der Waals surface area contributed by atoms with Gasteiger partial charge in [0.2, 0.25) is 0 Å². The number of hydrogen-bond donors (Lipinski definition) is 2. The number of fused-ring (bicyclic) bond motifs is 1. The van der Waals surface area contributed by atoms with E-state index < -0.39 is 0 Å². The van der Waals surface area contributed by atoms with Crippen LogP contribution in [0, 0.1) is 25.2 Å². The fraction of sp³-hybridized carbons (Fsp3) is 0.100. The molecule has 0 saturated carbocycles. The van der Waals surface area contributed by atoms with Crippen molar-refractivity contribution in [3.05, 3.63) is 65.4 Å². The molecule has 7 heteroatoms. The molecule has 0 fully saturated rings. The second-order valence-electron chi connectivity index (χ2n) is 6.18. The predicted octanol–water partition coefficient (Wildman–Crippen LogP) is 3.96. The van der Waals surface area contributed by atoms with Crippen molar-refractivity contribution >= 4 is 22.5 Å². The lowest BCUT2D eigenvalue weighted by Crippen LogP contribution is -2.16. The molecule has 0 aliphatic carbocycles. The summed E-state index contributed by atoms with van der Waals surface area (Å²) in [7, 11) is 0. The smallest absolute Gasteiger partial charge is 0.274 e. The molecule has 2 N–H and O–H groups in total. The third-order valence-corrected chi connectivity index (χ3v) is 4.60. The summed E-state index contributed by atoms with van der Waals surface area (Å²) in [5.41, 5.74) is 5.29. The minimum absolute atomic E-state index is 0.300. The van der Waals surface area contributed by atoms with Crippen LogP contribution < -0.4 is 5.32 Å². The predicted molar refractivity (Wildman–Crippen MR) is 100 cm³/mol. The van der Waals surface area contributed by atoms with Crippen molar-refractivity contribution in [1.82, 2.24) is 15.2 Å². The number of carbonyl (C=O) groups is 1. The molecule has 0 unspecified atom stereocenters. The van der Waals surface area contributed by atoms with Crippen LogP contribution in [0.25, 0.3) is 22.2 Å². The van der Waals surface area contributed by atoms with E-state index in [4.69, 9.17) is 9.68 Å². The average molecular weight is 357 g/mol. The van der Waals surface area contributed by atoms with Crippen LogP contribution in [0.5, 0.6) is 0 Å². The normalized spacial score (nSPS) is 10.7. The number of amides is 1. The third-order valence-electron chi connectivity index (χ3n) is 4.60. The van der Waals surface area contributed by atoms with E-state index in [-0.39, 0.29) is 5.91 Å². The Hall–Kier alpha value is -3.92. The van der Waals surface area contributed by atoms with E-state index in [0.29, 0.717) is 22.5 Å². The highest BCUT2D eigenvalue weighted by atomic mass is 16.3. The fourth-order valence-corrected chi connectivity index (χ4v) is 2.95. The number of hydrogen-bond acceptors (Lipinski definition) is 5. The fourth-order valence-electron chi connectivity index (χ4n) is 2.95. The van der Waals surface area contributed by atoms with Crippen LogP contribution in [-0.2, 0) is 0 Å². The lowest BCUT2D eigenvalue weighted by molar-refractivity contribution is 0.102. The van der Waals surface area contributed by atoms with E-state index in [2.05, 4.69) is 26.6 Å². The van der Waals surface area contributed by atoms with Crippen molar-refractivity contribution in [2.45, 2.75) is 13.8 Å². The van der Waals surface area contributed by atoms with Gasteiger partial charge in [-0.05, 0) is 49.2 Å². The van der Waals surface area contributed by atoms with Crippen LogP contribution in [0.2, 0.25) is 0 Å². The topological polar surface area (TPSA) is 108 Å². The van der Waals surface area contributed by atoms with E-state index in [1.165, 1.54) is 6.20 Å². The second kappa shape index (κ2) is 6.42. The highest BCUT2D eigenvalue weighted by Gasteiger charge is 2.16. The van der Waals surface area contributed by atoms with Gasteiger partial charge in [0.1, 0.15) is 17.5 Å². The Morgan fingerprint density at radius 3 is 2.85 bits per heavy atom. The van der Waals surface area contributed by atoms with E-state index in [1.54, 1.807) is 32.4 Å². The highest BCUT2D eigenvalue weighted by molar-refractivity contribution is 6.05. The molecule has 0 aliphatic heterocycles. The van der Waals surface area contributed by atoms with Gasteiger partial charge in [-0.3, -0.25) is 9.89 Å². The molecule has 132 valence electrons. The van der Waals surface area contributed by atoms with Crippen molar-refractivity contribution in [1.29, 1.82) is 5.26 Å². The summed E-state index contributed by atoms with van der Waals surface area (Å²) >= 11 is 0. The number of aromatic amines is 1. The van der Waals surface area contributed by atoms with Crippen LogP contribution in [0.15, 0.2) is 47.4 Å². The summed E-state index contributed by atoms with van der Waals surface area (Å²) in [5.74, 6) is -0.326. The number of furan rings is 1. The molecule has 0 aliphatic rings. The maximum absolute atomic E-state index is 12.7. The Bertz CT molecular complexity index is 1200. The summed E-state index contributed by atoms with van der Waals surface area (Å²) in [5, 5.41) is 20.1. The van der Waals surface area contributed by atoms with E-state index in [9.17, 15) is 4.79 Å². The second-order valence-corrected chi connectivity index (χ2v) is 6.18. The zero-order valence-corrected chi connectivity index (χ0v) is 14.7. The molecule has 4 rings (SSSR count). The van der Waals surface area contributed by atoms with Crippen LogP contribution in [0.4, 0.5) is 5.69 Å². The van der Waals surface area contributed by atoms with Crippen LogP contribution in [-0.4, -0.2) is 21.1 Å². The Labute approximate surface area is 154 Å². The standard InChI is InChI=1S/C20H15N5O2/c1-11-12(2)18(22-9-14(11)8-21)20(26)23-15-3-4-17-16(7-15)19(25-24-17)13-5-6-27-10-13/h3-7,9-10H,1-2H3,(H,23,26)(H,24,25). The molecule has 0 saturated heterocycles. The first kappa shape index (κ1) is 16.5. The van der Waals surface area contributed by atoms with Gasteiger partial charge in [0.05, 0.1) is 23.6 Å². The van der Waals surface area contributed by atoms with Crippen LogP contribution in [0.3, 0.4) is 0 Å². The van der Waals surface area contributed by atoms with Gasteiger partial charge in [-0.1, -0.05) is 0 Å². The summed E-state index contributed by atoms with van der Waals surface area (Å²) in [6.45, 7) is 3.59. The van der Waals surface area contributed by atoms with Gasteiger partial charge in [0.25, 0.3) is 5.91 Å². The minimum Gasteiger partial charge on any atom is -0.472 e. The van der Waals surface area contributed by atoms with Crippen LogP contribution >= 0.6 is 0 Å². The Morgan fingerprint density at radius 1 is 1.26 bits per heavy atom. The molecule has 4 aromatic rings. The molecule has 0 bridgehead atoms. The molecule has 3 aromatic heterocycles. The van der Waals surface area contributed by atoms with Gasteiger partial charge >= 0.3 is 0 Å². The van der Waals surface area contributed by atoms with Gasteiger partial charge < -0.3 is 9.73 Å². The van der Waals surface area contributed by atoms with E-state index in [1.807, 2.05) is 18.2 Å². The number of H-pyrrole nitrogens is 1. The van der Waals surface area contributed by atoms with Crippen molar-refractivity contribution < 1.29 is 9.21 Å². The first-order valence-electron chi connectivity index (χ1n) is 8.27. The molecule has 7 nitrogen and oxygen atoms in total. The Kier molecular flexibility index (Phi) is 3.94. The van der Waals surface area contributed by atoms with Crippen molar-refractivity contribution in [3.8, 4) is 17.3 Å². The minimum atomic E-state index is -0.326. The lowest BCUT2D eigenvalue weighted by atomic mass is 10.0. The summed E-state index contributed by atoms with van der Waals surface area (Å²) in [6.07, 6.45) is 4.63. The summed E-state index contributed by atoms with van der Waals surface area (Å²) < 4.78 is 5.13. The van der Waals surface area contributed by atoms with Gasteiger partial charge in [-0.25, -0.2) is 4.98 Å². The molecule has 1 aromatic carbocycles. The van der Waals surface area contributed by atoms with Crippen molar-refractivity contribution in [3.63, 3.8) is 0 Å². The Balaban J connectivity index is 1.68. The van der Waals surface area contributed by atoms with Gasteiger partial charge in [-0.2, -0.15) is 10.4 Å². The monoisotopic (exact) mass is 357 g/mol. The molecule has 0 radical (unpaired) electrons. The maximum Gasteiger partial charge on any atom is 0.274 e. The number of anilines is 1. The van der Waals surface area contributed by atoms with Crippen molar-refractivity contribution in [2.75, 3.05) is 5.32 Å². The number of carbonyl (C=O) groups excluding carboxylic acids is 1. The van der Waals surface area contributed by atoms with Gasteiger partial charge in [0, 0.05) is 22.8 Å². The molecule has 0 spiro atoms. The molecular formula is C20H15N5O2. The van der Waals surface area contributed by atoms with E-state index >= 15 is 0 Å². The third kappa shape index (κ3) is 2.83. The van der Waals surface area contributed by atoms with Crippen LogP contribution in [0.1, 0.15) is 27.2 Å². The molecule has 3 heterocycles. The zero-order chi connectivity index (χ0) is 19.0. The zero-order valence-electron chi connectivity index (χ0n) is 14.7. The number of nitrogens with one attached hydrogen (secondary N) is 2. The number of benzene rings is 1. The number of pyridine rings is 1. The maximum atomic E-state index is 12.7. The lowest BCUT2D eigenvalue weighted by Gasteiger charge is -2.10. The van der Waals surface area contributed by atoms with Crippen molar-refractivity contribution in [2.24, 2.45) is 0 Å². The molecular weight excluding hydrogens is 342 g/mol. The SMILES string of the molecule is Cc1c(C#N)cnc(C(=O)Nc2ccc3[nH]nc(-c4ccoc4)c3c2)c1C. The Morgan fingerprint density at radius 2 is 2.11 bits per heavy atom. The number of nitriles is 1. The van der Waals surface area contributed by atoms with Gasteiger partial charge in [0.15, 0.2) is 0 Å². The van der Waals surface area contributed by atoms with Gasteiger partial charge in [-0.15, -0.1) is 0 Å². The summed E-state index contributed by atoms with van der Waals surface area (Å²) in [6, 6.07) is 9.40. The molecule has 27 heavy (non-hydrogen) atoms. The molecule has 0 atom stereocenters.